The number of hydrogen-bond acceptors (Lipinski definition) is 3. The molecule has 2 aromatic rings. The molecule has 1 N–H and O–H groups in total. The number of nitrogens with zero attached hydrogens (tertiary/aromatic N) is 1. The van der Waals surface area contributed by atoms with Crippen LogP contribution in [-0.2, 0) is 0 Å². The van der Waals surface area contributed by atoms with Gasteiger partial charge >= 0.3 is 5.97 Å². The molecule has 0 aliphatic heterocycles. The van der Waals surface area contributed by atoms with Gasteiger partial charge in [0.25, 0.3) is 0 Å². The molecule has 0 bridgehead atoms. The van der Waals surface area contributed by atoms with Crippen LogP contribution in [0, 0.1) is 5.82 Å². The molecule has 0 unspecified atom stereocenters. The molecule has 0 radical (unpaired) electrons. The van der Waals surface area contributed by atoms with Crippen LogP contribution in [0.4, 0.5) is 4.39 Å². The number of halogens is 2. The van der Waals surface area contributed by atoms with E-state index in [1.54, 1.807) is 18.2 Å². The molecule has 18 heavy (non-hydrogen) atoms. The summed E-state index contributed by atoms with van der Waals surface area (Å²) in [5.74, 6) is -1.49. The third kappa shape index (κ3) is 2.88. The van der Waals surface area contributed by atoms with E-state index in [1.165, 1.54) is 18.3 Å². The van der Waals surface area contributed by atoms with Gasteiger partial charge in [-0.1, -0.05) is 23.9 Å². The van der Waals surface area contributed by atoms with Gasteiger partial charge in [-0.2, -0.15) is 0 Å². The minimum atomic E-state index is -1.09. The van der Waals surface area contributed by atoms with Crippen molar-refractivity contribution in [1.29, 1.82) is 0 Å². The van der Waals surface area contributed by atoms with E-state index in [0.717, 1.165) is 11.8 Å². The van der Waals surface area contributed by atoms with Gasteiger partial charge in [0.15, 0.2) is 0 Å². The molecule has 1 heterocycles. The summed E-state index contributed by atoms with van der Waals surface area (Å²) in [5.41, 5.74) is 0.0395. The number of hydrogen-bond donors (Lipinski definition) is 1. The van der Waals surface area contributed by atoms with Crippen LogP contribution < -0.4 is 0 Å². The van der Waals surface area contributed by atoms with Crippen LogP contribution in [0.2, 0.25) is 0 Å². The molecule has 2 rings (SSSR count). The maximum Gasteiger partial charge on any atom is 0.338 e. The van der Waals surface area contributed by atoms with E-state index in [2.05, 4.69) is 20.9 Å². The number of carbonyl (C=O) groups is 1. The number of benzene rings is 1. The van der Waals surface area contributed by atoms with E-state index in [-0.39, 0.29) is 10.6 Å². The number of aromatic nitrogens is 1. The minimum absolute atomic E-state index is 0.0395. The van der Waals surface area contributed by atoms with Crippen LogP contribution in [0.5, 0.6) is 0 Å². The molecule has 0 fully saturated rings. The zero-order chi connectivity index (χ0) is 13.1. The van der Waals surface area contributed by atoms with Gasteiger partial charge < -0.3 is 5.11 Å². The molecule has 1 aromatic heterocycles. The smallest absolute Gasteiger partial charge is 0.338 e. The topological polar surface area (TPSA) is 50.2 Å². The fourth-order valence-electron chi connectivity index (χ4n) is 1.29. The van der Waals surface area contributed by atoms with E-state index in [1.807, 2.05) is 0 Å². The van der Waals surface area contributed by atoms with Gasteiger partial charge in [-0.3, -0.25) is 0 Å². The molecule has 1 aromatic carbocycles. The predicted octanol–water partition coefficient (Wildman–Crippen LogP) is 3.83. The van der Waals surface area contributed by atoms with Crippen molar-refractivity contribution in [1.82, 2.24) is 4.98 Å². The van der Waals surface area contributed by atoms with Crippen molar-refractivity contribution in [3.05, 3.63) is 52.4 Å². The number of aromatic carboxylic acids is 1. The third-order valence-electron chi connectivity index (χ3n) is 2.09. The van der Waals surface area contributed by atoms with E-state index in [4.69, 9.17) is 5.11 Å². The maximum atomic E-state index is 13.5. The summed E-state index contributed by atoms with van der Waals surface area (Å²) in [6.07, 6.45) is 1.48. The third-order valence-corrected chi connectivity index (χ3v) is 3.59. The summed E-state index contributed by atoms with van der Waals surface area (Å²) in [5, 5.41) is 9.33. The first-order valence-corrected chi connectivity index (χ1v) is 6.50. The molecule has 0 atom stereocenters. The highest BCUT2D eigenvalue weighted by molar-refractivity contribution is 9.10. The zero-order valence-corrected chi connectivity index (χ0v) is 11.3. The second kappa shape index (κ2) is 5.49. The molecule has 0 spiro atoms. The number of carboxylic acid groups (broad SMARTS) is 1. The van der Waals surface area contributed by atoms with Crippen molar-refractivity contribution in [3.8, 4) is 0 Å². The standard InChI is InChI=1S/C12H7BrFNO2S/c13-7-5-8(12(16)17)11(15-6-7)18-10-4-2-1-3-9(10)14/h1-6H,(H,16,17). The molecule has 0 saturated carbocycles. The van der Waals surface area contributed by atoms with E-state index in [9.17, 15) is 9.18 Å². The average molecular weight is 328 g/mol. The van der Waals surface area contributed by atoms with E-state index < -0.39 is 11.8 Å². The molecule has 3 nitrogen and oxygen atoms in total. The summed E-state index contributed by atoms with van der Waals surface area (Å²) in [4.78, 5) is 15.4. The Hall–Kier alpha value is -1.40. The van der Waals surface area contributed by atoms with Gasteiger partial charge in [0.1, 0.15) is 10.8 Å². The van der Waals surface area contributed by atoms with Crippen molar-refractivity contribution in [2.75, 3.05) is 0 Å². The van der Waals surface area contributed by atoms with Crippen LogP contribution in [0.3, 0.4) is 0 Å². The Labute approximate surface area is 115 Å². The Bertz CT molecular complexity index is 606. The summed E-state index contributed by atoms with van der Waals surface area (Å²) >= 11 is 4.15. The quantitative estimate of drug-likeness (QED) is 0.930. The average Bonchev–Trinajstić information content (AvgIpc) is 2.34. The van der Waals surface area contributed by atoms with Gasteiger partial charge in [-0.15, -0.1) is 0 Å². The second-order valence-electron chi connectivity index (χ2n) is 3.34. The number of pyridine rings is 1. The lowest BCUT2D eigenvalue weighted by atomic mass is 10.3. The van der Waals surface area contributed by atoms with Gasteiger partial charge in [0.2, 0.25) is 0 Å². The van der Waals surface area contributed by atoms with E-state index in [0.29, 0.717) is 9.37 Å². The Morgan fingerprint density at radius 1 is 1.39 bits per heavy atom. The highest BCUT2D eigenvalue weighted by atomic mass is 79.9. The summed E-state index contributed by atoms with van der Waals surface area (Å²) in [6, 6.07) is 7.60. The van der Waals surface area contributed by atoms with Crippen LogP contribution in [0.25, 0.3) is 0 Å². The van der Waals surface area contributed by atoms with Crippen LogP contribution in [0.15, 0.2) is 50.9 Å². The van der Waals surface area contributed by atoms with Gasteiger partial charge in [-0.25, -0.2) is 14.2 Å². The lowest BCUT2D eigenvalue weighted by Gasteiger charge is -2.05. The normalized spacial score (nSPS) is 10.3. The lowest BCUT2D eigenvalue weighted by molar-refractivity contribution is 0.0692. The SMILES string of the molecule is O=C(O)c1cc(Br)cnc1Sc1ccccc1F. The minimum Gasteiger partial charge on any atom is -0.478 e. The highest BCUT2D eigenvalue weighted by Gasteiger charge is 2.14. The van der Waals surface area contributed by atoms with Gasteiger partial charge in [0.05, 0.1) is 5.56 Å². The maximum absolute atomic E-state index is 13.5. The van der Waals surface area contributed by atoms with Gasteiger partial charge in [-0.05, 0) is 34.1 Å². The molecule has 92 valence electrons. The van der Waals surface area contributed by atoms with Crippen molar-refractivity contribution < 1.29 is 14.3 Å². The molecule has 6 heteroatoms. The first-order valence-electron chi connectivity index (χ1n) is 4.89. The van der Waals surface area contributed by atoms with Crippen molar-refractivity contribution in [2.24, 2.45) is 0 Å². The molecular weight excluding hydrogens is 321 g/mol. The molecular formula is C12H7BrFNO2S. The number of rotatable bonds is 3. The van der Waals surface area contributed by atoms with E-state index >= 15 is 0 Å². The Kier molecular flexibility index (Phi) is 3.98. The summed E-state index contributed by atoms with van der Waals surface area (Å²) in [6.45, 7) is 0. The lowest BCUT2D eigenvalue weighted by Crippen LogP contribution is -2.01. The van der Waals surface area contributed by atoms with Crippen molar-refractivity contribution in [2.45, 2.75) is 9.92 Å². The summed E-state index contributed by atoms with van der Waals surface area (Å²) < 4.78 is 14.0. The zero-order valence-electron chi connectivity index (χ0n) is 8.93. The largest absolute Gasteiger partial charge is 0.478 e. The van der Waals surface area contributed by atoms with Gasteiger partial charge in [0, 0.05) is 15.6 Å². The molecule has 0 aliphatic rings. The monoisotopic (exact) mass is 327 g/mol. The van der Waals surface area contributed by atoms with Crippen LogP contribution in [-0.4, -0.2) is 16.1 Å². The predicted molar refractivity (Wildman–Crippen MR) is 69.4 cm³/mol. The first kappa shape index (κ1) is 13.0. The first-order chi connectivity index (χ1) is 8.58. The highest BCUT2D eigenvalue weighted by Crippen LogP contribution is 2.31. The Balaban J connectivity index is 2.41. The second-order valence-corrected chi connectivity index (χ2v) is 5.29. The fourth-order valence-corrected chi connectivity index (χ4v) is 2.51. The van der Waals surface area contributed by atoms with Crippen LogP contribution in [0.1, 0.15) is 10.4 Å². The van der Waals surface area contributed by atoms with Crippen LogP contribution >= 0.6 is 27.7 Å². The van der Waals surface area contributed by atoms with Crippen molar-refractivity contribution >= 4 is 33.7 Å². The molecule has 0 amide bonds. The molecule has 0 aliphatic carbocycles. The number of carboxylic acids is 1. The summed E-state index contributed by atoms with van der Waals surface area (Å²) in [7, 11) is 0. The van der Waals surface area contributed by atoms with Crippen molar-refractivity contribution in [3.63, 3.8) is 0 Å². The molecule has 0 saturated heterocycles. The Morgan fingerprint density at radius 2 is 2.11 bits per heavy atom. The Morgan fingerprint density at radius 3 is 2.78 bits per heavy atom. The fraction of sp³-hybridized carbons (Fsp3) is 0.